The Balaban J connectivity index is 3.03. The average Bonchev–Trinajstić information content (AvgIpc) is 2.30. The van der Waals surface area contributed by atoms with Crippen LogP contribution in [-0.2, 0) is 4.79 Å². The van der Waals surface area contributed by atoms with Crippen molar-refractivity contribution in [3.8, 4) is 0 Å². The lowest BCUT2D eigenvalue weighted by molar-refractivity contribution is -0.149. The molecule has 3 heteroatoms. The standard InChI is InChI=1S/C15H23NO2/c1-10-7-8-13(9-11(10)2)12(3)16(6)15(4,5)14(17)18/h7-9,12H,1-6H3,(H,17,18). The number of hydrogen-bond acceptors (Lipinski definition) is 2. The molecule has 1 aromatic carbocycles. The normalized spacial score (nSPS) is 13.7. The lowest BCUT2D eigenvalue weighted by Gasteiger charge is -2.36. The summed E-state index contributed by atoms with van der Waals surface area (Å²) in [6, 6.07) is 6.36. The molecule has 100 valence electrons. The zero-order chi connectivity index (χ0) is 14.1. The van der Waals surface area contributed by atoms with Gasteiger partial charge in [-0.15, -0.1) is 0 Å². The maximum absolute atomic E-state index is 11.3. The number of carbonyl (C=O) groups is 1. The van der Waals surface area contributed by atoms with Gasteiger partial charge in [-0.25, -0.2) is 0 Å². The summed E-state index contributed by atoms with van der Waals surface area (Å²) in [6.45, 7) is 9.65. The molecule has 1 rings (SSSR count). The topological polar surface area (TPSA) is 40.5 Å². The number of aryl methyl sites for hydroxylation is 2. The van der Waals surface area contributed by atoms with E-state index in [0.717, 1.165) is 5.56 Å². The van der Waals surface area contributed by atoms with Crippen LogP contribution in [0.25, 0.3) is 0 Å². The molecule has 1 unspecified atom stereocenters. The van der Waals surface area contributed by atoms with Crippen molar-refractivity contribution in [3.05, 3.63) is 34.9 Å². The number of likely N-dealkylation sites (N-methyl/N-ethyl adjacent to an activating group) is 1. The number of hydrogen-bond donors (Lipinski definition) is 1. The first kappa shape index (κ1) is 14.7. The molecule has 0 fully saturated rings. The summed E-state index contributed by atoms with van der Waals surface area (Å²) in [4.78, 5) is 13.2. The number of carboxylic acids is 1. The van der Waals surface area contributed by atoms with E-state index >= 15 is 0 Å². The fourth-order valence-corrected chi connectivity index (χ4v) is 1.88. The third-order valence-electron chi connectivity index (χ3n) is 4.00. The van der Waals surface area contributed by atoms with Crippen molar-refractivity contribution in [1.82, 2.24) is 4.90 Å². The molecular formula is C15H23NO2. The van der Waals surface area contributed by atoms with Gasteiger partial charge < -0.3 is 5.11 Å². The fraction of sp³-hybridized carbons (Fsp3) is 0.533. The monoisotopic (exact) mass is 249 g/mol. The summed E-state index contributed by atoms with van der Waals surface area (Å²) in [6.07, 6.45) is 0. The van der Waals surface area contributed by atoms with Crippen molar-refractivity contribution < 1.29 is 9.90 Å². The molecule has 0 aliphatic rings. The highest BCUT2D eigenvalue weighted by Gasteiger charge is 2.35. The molecule has 0 saturated carbocycles. The zero-order valence-corrected chi connectivity index (χ0v) is 12.1. The quantitative estimate of drug-likeness (QED) is 0.891. The first-order chi connectivity index (χ1) is 8.17. The van der Waals surface area contributed by atoms with Gasteiger partial charge in [0.15, 0.2) is 0 Å². The van der Waals surface area contributed by atoms with E-state index < -0.39 is 11.5 Å². The number of aliphatic carboxylic acids is 1. The Hall–Kier alpha value is -1.35. The summed E-state index contributed by atoms with van der Waals surface area (Å²) in [5.74, 6) is -0.805. The highest BCUT2D eigenvalue weighted by Crippen LogP contribution is 2.27. The highest BCUT2D eigenvalue weighted by molar-refractivity contribution is 5.77. The molecule has 0 aliphatic carbocycles. The second-order valence-corrected chi connectivity index (χ2v) is 5.49. The molecule has 1 N–H and O–H groups in total. The Kier molecular flexibility index (Phi) is 4.17. The van der Waals surface area contributed by atoms with E-state index in [0.29, 0.717) is 0 Å². The van der Waals surface area contributed by atoms with Gasteiger partial charge in [-0.1, -0.05) is 18.2 Å². The Bertz CT molecular complexity index is 452. The first-order valence-electron chi connectivity index (χ1n) is 6.21. The van der Waals surface area contributed by atoms with Gasteiger partial charge in [0.05, 0.1) is 0 Å². The van der Waals surface area contributed by atoms with Crippen LogP contribution < -0.4 is 0 Å². The molecule has 0 aromatic heterocycles. The third-order valence-corrected chi connectivity index (χ3v) is 4.00. The molecule has 0 aliphatic heterocycles. The minimum atomic E-state index is -0.877. The average molecular weight is 249 g/mol. The largest absolute Gasteiger partial charge is 0.480 e. The van der Waals surface area contributed by atoms with E-state index in [-0.39, 0.29) is 6.04 Å². The van der Waals surface area contributed by atoms with E-state index in [4.69, 9.17) is 0 Å². The van der Waals surface area contributed by atoms with E-state index in [1.807, 2.05) is 18.9 Å². The fourth-order valence-electron chi connectivity index (χ4n) is 1.88. The summed E-state index contributed by atoms with van der Waals surface area (Å²) in [5.41, 5.74) is 2.76. The van der Waals surface area contributed by atoms with Crippen LogP contribution in [0.3, 0.4) is 0 Å². The molecule has 3 nitrogen and oxygen atoms in total. The molecule has 0 spiro atoms. The maximum atomic E-state index is 11.3. The zero-order valence-electron chi connectivity index (χ0n) is 12.1. The van der Waals surface area contributed by atoms with Gasteiger partial charge in [-0.2, -0.15) is 0 Å². The van der Waals surface area contributed by atoms with Crippen LogP contribution in [0.1, 0.15) is 43.5 Å². The van der Waals surface area contributed by atoms with Crippen molar-refractivity contribution in [2.75, 3.05) is 7.05 Å². The van der Waals surface area contributed by atoms with Crippen LogP contribution in [0.15, 0.2) is 18.2 Å². The van der Waals surface area contributed by atoms with Crippen LogP contribution in [0.2, 0.25) is 0 Å². The minimum absolute atomic E-state index is 0.0652. The molecule has 1 aromatic rings. The number of nitrogens with zero attached hydrogens (tertiary/aromatic N) is 1. The van der Waals surface area contributed by atoms with E-state index in [1.165, 1.54) is 11.1 Å². The van der Waals surface area contributed by atoms with Gasteiger partial charge in [-0.3, -0.25) is 9.69 Å². The smallest absolute Gasteiger partial charge is 0.323 e. The molecule has 1 atom stereocenters. The lowest BCUT2D eigenvalue weighted by Crippen LogP contribution is -2.48. The summed E-state index contributed by atoms with van der Waals surface area (Å²) >= 11 is 0. The third kappa shape index (κ3) is 2.72. The minimum Gasteiger partial charge on any atom is -0.480 e. The first-order valence-corrected chi connectivity index (χ1v) is 6.21. The SMILES string of the molecule is Cc1ccc(C(C)N(C)C(C)(C)C(=O)O)cc1C. The van der Waals surface area contributed by atoms with Crippen molar-refractivity contribution in [3.63, 3.8) is 0 Å². The Morgan fingerprint density at radius 3 is 2.28 bits per heavy atom. The predicted octanol–water partition coefficient (Wildman–Crippen LogP) is 3.16. The molecule has 0 heterocycles. The molecule has 18 heavy (non-hydrogen) atoms. The molecule has 0 radical (unpaired) electrons. The molecular weight excluding hydrogens is 226 g/mol. The van der Waals surface area contributed by atoms with E-state index in [9.17, 15) is 9.90 Å². The van der Waals surface area contributed by atoms with Gasteiger partial charge >= 0.3 is 5.97 Å². The molecule has 0 saturated heterocycles. The number of rotatable bonds is 4. The van der Waals surface area contributed by atoms with Crippen LogP contribution in [0.4, 0.5) is 0 Å². The number of carboxylic acid groups (broad SMARTS) is 1. The molecule has 0 amide bonds. The van der Waals surface area contributed by atoms with Crippen molar-refractivity contribution in [2.45, 2.75) is 46.2 Å². The van der Waals surface area contributed by atoms with Gasteiger partial charge in [0.2, 0.25) is 0 Å². The summed E-state index contributed by atoms with van der Waals surface area (Å²) in [5, 5.41) is 9.26. The lowest BCUT2D eigenvalue weighted by atomic mass is 9.96. The second kappa shape index (κ2) is 5.11. The van der Waals surface area contributed by atoms with Crippen LogP contribution in [0, 0.1) is 13.8 Å². The second-order valence-electron chi connectivity index (χ2n) is 5.49. The van der Waals surface area contributed by atoms with E-state index in [1.54, 1.807) is 13.8 Å². The van der Waals surface area contributed by atoms with Crippen molar-refractivity contribution in [2.24, 2.45) is 0 Å². The highest BCUT2D eigenvalue weighted by atomic mass is 16.4. The van der Waals surface area contributed by atoms with Crippen LogP contribution in [-0.4, -0.2) is 28.6 Å². The van der Waals surface area contributed by atoms with Gasteiger partial charge in [0, 0.05) is 6.04 Å². The Morgan fingerprint density at radius 1 is 1.28 bits per heavy atom. The van der Waals surface area contributed by atoms with Gasteiger partial charge in [0.1, 0.15) is 5.54 Å². The summed E-state index contributed by atoms with van der Waals surface area (Å²) in [7, 11) is 1.86. The predicted molar refractivity (Wildman–Crippen MR) is 73.8 cm³/mol. The van der Waals surface area contributed by atoms with Crippen molar-refractivity contribution in [1.29, 1.82) is 0 Å². The Labute approximate surface area is 109 Å². The van der Waals surface area contributed by atoms with Crippen molar-refractivity contribution >= 4 is 5.97 Å². The molecule has 0 bridgehead atoms. The van der Waals surface area contributed by atoms with E-state index in [2.05, 4.69) is 32.0 Å². The number of benzene rings is 1. The summed E-state index contributed by atoms with van der Waals surface area (Å²) < 4.78 is 0. The van der Waals surface area contributed by atoms with Crippen LogP contribution >= 0.6 is 0 Å². The van der Waals surface area contributed by atoms with Gasteiger partial charge in [0.25, 0.3) is 0 Å². The maximum Gasteiger partial charge on any atom is 0.323 e. The Morgan fingerprint density at radius 2 is 1.83 bits per heavy atom. The van der Waals surface area contributed by atoms with Gasteiger partial charge in [-0.05, 0) is 58.4 Å². The van der Waals surface area contributed by atoms with Crippen LogP contribution in [0.5, 0.6) is 0 Å².